The molecule has 136 valence electrons. The normalized spacial score (nSPS) is 14.4. The number of benzene rings is 1. The number of para-hydroxylation sites is 1. The van der Waals surface area contributed by atoms with Gasteiger partial charge >= 0.3 is 0 Å². The molecule has 0 atom stereocenters. The van der Waals surface area contributed by atoms with Crippen molar-refractivity contribution in [3.63, 3.8) is 0 Å². The van der Waals surface area contributed by atoms with E-state index in [1.54, 1.807) is 18.0 Å². The average Bonchev–Trinajstić information content (AvgIpc) is 2.73. The SMILES string of the molecule is CC(=O)N1CCN(C(=O)c2cc(-c3ccccn3)nc3ccccc23)CC1. The van der Waals surface area contributed by atoms with Crippen LogP contribution in [0.15, 0.2) is 54.7 Å². The molecule has 1 aliphatic rings. The van der Waals surface area contributed by atoms with Crippen molar-refractivity contribution in [3.8, 4) is 11.4 Å². The van der Waals surface area contributed by atoms with E-state index in [9.17, 15) is 9.59 Å². The van der Waals surface area contributed by atoms with Gasteiger partial charge in [0.25, 0.3) is 5.91 Å². The van der Waals surface area contributed by atoms with Crippen molar-refractivity contribution in [2.24, 2.45) is 0 Å². The second-order valence-corrected chi connectivity index (χ2v) is 6.59. The summed E-state index contributed by atoms with van der Waals surface area (Å²) in [6.07, 6.45) is 1.72. The Morgan fingerprint density at radius 1 is 0.889 bits per heavy atom. The number of nitrogens with zero attached hydrogens (tertiary/aromatic N) is 4. The number of pyridine rings is 2. The van der Waals surface area contributed by atoms with E-state index in [0.29, 0.717) is 37.4 Å². The van der Waals surface area contributed by atoms with Crippen molar-refractivity contribution in [3.05, 3.63) is 60.3 Å². The molecule has 0 saturated carbocycles. The maximum atomic E-state index is 13.2. The van der Waals surface area contributed by atoms with Gasteiger partial charge in [-0.05, 0) is 24.3 Å². The Morgan fingerprint density at radius 2 is 1.59 bits per heavy atom. The molecule has 6 heteroatoms. The zero-order chi connectivity index (χ0) is 18.8. The first kappa shape index (κ1) is 17.1. The van der Waals surface area contributed by atoms with Crippen LogP contribution >= 0.6 is 0 Å². The number of carbonyl (C=O) groups excluding carboxylic acids is 2. The molecule has 2 aromatic heterocycles. The summed E-state index contributed by atoms with van der Waals surface area (Å²) >= 11 is 0. The van der Waals surface area contributed by atoms with Gasteiger partial charge in [0.15, 0.2) is 0 Å². The van der Waals surface area contributed by atoms with Crippen LogP contribution in [-0.2, 0) is 4.79 Å². The van der Waals surface area contributed by atoms with Gasteiger partial charge in [-0.2, -0.15) is 0 Å². The van der Waals surface area contributed by atoms with Crippen LogP contribution in [0.25, 0.3) is 22.3 Å². The van der Waals surface area contributed by atoms with E-state index in [2.05, 4.69) is 9.97 Å². The summed E-state index contributed by atoms with van der Waals surface area (Å²) in [6.45, 7) is 3.77. The maximum Gasteiger partial charge on any atom is 0.254 e. The van der Waals surface area contributed by atoms with E-state index in [1.807, 2.05) is 53.4 Å². The number of carbonyl (C=O) groups is 2. The summed E-state index contributed by atoms with van der Waals surface area (Å²) in [5, 5.41) is 0.830. The van der Waals surface area contributed by atoms with Crippen LogP contribution in [0, 0.1) is 0 Å². The molecule has 0 spiro atoms. The third-order valence-electron chi connectivity index (χ3n) is 4.89. The lowest BCUT2D eigenvalue weighted by Gasteiger charge is -2.34. The van der Waals surface area contributed by atoms with Gasteiger partial charge in [-0.25, -0.2) is 4.98 Å². The summed E-state index contributed by atoms with van der Waals surface area (Å²) in [5.41, 5.74) is 2.81. The molecule has 1 aromatic carbocycles. The van der Waals surface area contributed by atoms with E-state index in [0.717, 1.165) is 16.6 Å². The van der Waals surface area contributed by atoms with E-state index >= 15 is 0 Å². The van der Waals surface area contributed by atoms with Crippen LogP contribution in [0.1, 0.15) is 17.3 Å². The van der Waals surface area contributed by atoms with Gasteiger partial charge in [-0.3, -0.25) is 14.6 Å². The fraction of sp³-hybridized carbons (Fsp3) is 0.238. The van der Waals surface area contributed by atoms with Gasteiger partial charge in [-0.15, -0.1) is 0 Å². The fourth-order valence-corrected chi connectivity index (χ4v) is 3.39. The number of hydrogen-bond donors (Lipinski definition) is 0. The number of fused-ring (bicyclic) bond motifs is 1. The number of aromatic nitrogens is 2. The topological polar surface area (TPSA) is 66.4 Å². The van der Waals surface area contributed by atoms with E-state index in [-0.39, 0.29) is 11.8 Å². The molecule has 3 aromatic rings. The maximum absolute atomic E-state index is 13.2. The Balaban J connectivity index is 1.72. The molecule has 0 bridgehead atoms. The molecular weight excluding hydrogens is 340 g/mol. The molecule has 1 fully saturated rings. The summed E-state index contributed by atoms with van der Waals surface area (Å²) < 4.78 is 0. The van der Waals surface area contributed by atoms with Gasteiger partial charge in [0.1, 0.15) is 0 Å². The van der Waals surface area contributed by atoms with Crippen molar-refractivity contribution in [1.82, 2.24) is 19.8 Å². The third-order valence-corrected chi connectivity index (χ3v) is 4.89. The lowest BCUT2D eigenvalue weighted by molar-refractivity contribution is -0.130. The van der Waals surface area contributed by atoms with Gasteiger partial charge < -0.3 is 9.80 Å². The predicted molar refractivity (Wildman–Crippen MR) is 103 cm³/mol. The standard InChI is InChI=1S/C21H20N4O2/c1-15(26)24-10-12-25(13-11-24)21(27)17-14-20(19-8-4-5-9-22-19)23-18-7-3-2-6-16(17)18/h2-9,14H,10-13H2,1H3. The predicted octanol–water partition coefficient (Wildman–Crippen LogP) is 2.60. The molecule has 0 aliphatic carbocycles. The fourth-order valence-electron chi connectivity index (χ4n) is 3.39. The largest absolute Gasteiger partial charge is 0.339 e. The number of rotatable bonds is 2. The highest BCUT2D eigenvalue weighted by Gasteiger charge is 2.25. The monoisotopic (exact) mass is 360 g/mol. The number of piperazine rings is 1. The van der Waals surface area contributed by atoms with Crippen molar-refractivity contribution in [2.75, 3.05) is 26.2 Å². The van der Waals surface area contributed by atoms with Crippen LogP contribution in [0.3, 0.4) is 0 Å². The highest BCUT2D eigenvalue weighted by Crippen LogP contribution is 2.25. The molecule has 6 nitrogen and oxygen atoms in total. The molecule has 4 rings (SSSR count). The summed E-state index contributed by atoms with van der Waals surface area (Å²) in [6, 6.07) is 15.1. The van der Waals surface area contributed by atoms with E-state index < -0.39 is 0 Å². The van der Waals surface area contributed by atoms with Crippen LogP contribution in [0.5, 0.6) is 0 Å². The van der Waals surface area contributed by atoms with Gasteiger partial charge in [0.2, 0.25) is 5.91 Å². The van der Waals surface area contributed by atoms with Crippen molar-refractivity contribution < 1.29 is 9.59 Å². The minimum absolute atomic E-state index is 0.0333. The second kappa shape index (κ2) is 7.15. The molecule has 3 heterocycles. The molecule has 0 unspecified atom stereocenters. The Hall–Kier alpha value is -3.28. The number of hydrogen-bond acceptors (Lipinski definition) is 4. The van der Waals surface area contributed by atoms with Crippen molar-refractivity contribution >= 4 is 22.7 Å². The summed E-state index contributed by atoms with van der Waals surface area (Å²) in [7, 11) is 0. The molecule has 1 saturated heterocycles. The van der Waals surface area contributed by atoms with Crippen LogP contribution < -0.4 is 0 Å². The van der Waals surface area contributed by atoms with Gasteiger partial charge in [-0.1, -0.05) is 24.3 Å². The zero-order valence-electron chi connectivity index (χ0n) is 15.1. The minimum atomic E-state index is -0.0333. The lowest BCUT2D eigenvalue weighted by atomic mass is 10.0. The first-order valence-electron chi connectivity index (χ1n) is 8.99. The molecule has 2 amide bonds. The van der Waals surface area contributed by atoms with Crippen LogP contribution in [-0.4, -0.2) is 57.8 Å². The molecule has 1 aliphatic heterocycles. The molecule has 0 N–H and O–H groups in total. The highest BCUT2D eigenvalue weighted by molar-refractivity contribution is 6.07. The Morgan fingerprint density at radius 3 is 2.30 bits per heavy atom. The molecule has 0 radical (unpaired) electrons. The lowest BCUT2D eigenvalue weighted by Crippen LogP contribution is -2.50. The molecule has 27 heavy (non-hydrogen) atoms. The zero-order valence-corrected chi connectivity index (χ0v) is 15.1. The Bertz CT molecular complexity index is 995. The number of amides is 2. The van der Waals surface area contributed by atoms with Crippen molar-refractivity contribution in [1.29, 1.82) is 0 Å². The van der Waals surface area contributed by atoms with E-state index in [4.69, 9.17) is 0 Å². The first-order chi connectivity index (χ1) is 13.1. The quantitative estimate of drug-likeness (QED) is 0.705. The smallest absolute Gasteiger partial charge is 0.254 e. The minimum Gasteiger partial charge on any atom is -0.339 e. The Labute approximate surface area is 157 Å². The third kappa shape index (κ3) is 3.38. The average molecular weight is 360 g/mol. The highest BCUT2D eigenvalue weighted by atomic mass is 16.2. The second-order valence-electron chi connectivity index (χ2n) is 6.59. The summed E-state index contributed by atoms with van der Waals surface area (Å²) in [5.74, 6) is 0.0166. The van der Waals surface area contributed by atoms with Gasteiger partial charge in [0.05, 0.1) is 22.5 Å². The van der Waals surface area contributed by atoms with E-state index in [1.165, 1.54) is 0 Å². The summed E-state index contributed by atoms with van der Waals surface area (Å²) in [4.78, 5) is 37.4. The Kier molecular flexibility index (Phi) is 4.54. The van der Waals surface area contributed by atoms with Crippen LogP contribution in [0.2, 0.25) is 0 Å². The first-order valence-corrected chi connectivity index (χ1v) is 8.99. The van der Waals surface area contributed by atoms with Gasteiger partial charge in [0, 0.05) is 44.7 Å². The molecular formula is C21H20N4O2. The van der Waals surface area contributed by atoms with Crippen LogP contribution in [0.4, 0.5) is 0 Å². The van der Waals surface area contributed by atoms with Crippen molar-refractivity contribution in [2.45, 2.75) is 6.92 Å².